The number of carbonyl (C=O) groups excluding carboxylic acids is 1. The normalized spacial score (nSPS) is 12.1. The molecule has 0 fully saturated rings. The Hall–Kier alpha value is -1.81. The van der Waals surface area contributed by atoms with Gasteiger partial charge in [-0.05, 0) is 30.4 Å². The van der Waals surface area contributed by atoms with E-state index < -0.39 is 0 Å². The van der Waals surface area contributed by atoms with Crippen molar-refractivity contribution < 1.29 is 4.79 Å². The second-order valence-corrected chi connectivity index (χ2v) is 6.07. The highest BCUT2D eigenvalue weighted by atomic mass is 32.1. The minimum absolute atomic E-state index is 0.0931. The molecule has 110 valence electrons. The summed E-state index contributed by atoms with van der Waals surface area (Å²) in [6.45, 7) is 3.95. The zero-order valence-corrected chi connectivity index (χ0v) is 13.2. The average Bonchev–Trinajstić information content (AvgIpc) is 2.97. The van der Waals surface area contributed by atoms with Crippen LogP contribution in [0.25, 0.3) is 11.3 Å². The van der Waals surface area contributed by atoms with Crippen LogP contribution in [0.3, 0.4) is 0 Å². The predicted octanol–water partition coefficient (Wildman–Crippen LogP) is 4.84. The lowest BCUT2D eigenvalue weighted by Gasteiger charge is -2.09. The molecule has 1 aromatic carbocycles. The number of hydrogen-bond donors (Lipinski definition) is 1. The maximum absolute atomic E-state index is 12.4. The van der Waals surface area contributed by atoms with E-state index in [-0.39, 0.29) is 11.7 Å². The van der Waals surface area contributed by atoms with Gasteiger partial charge in [0.15, 0.2) is 5.78 Å². The third-order valence-electron chi connectivity index (χ3n) is 3.37. The standard InChI is InChI=1S/C17H20N2OS/c1-3-7-14(18)10-12(2)17(20)16-11-15(19-21-16)13-8-5-4-6-9-13/h4-6,8-9,11-12,18H,3,7,10H2,1-2H3. The van der Waals surface area contributed by atoms with E-state index in [0.717, 1.165) is 24.1 Å². The Bertz CT molecular complexity index is 619. The molecule has 0 saturated heterocycles. The van der Waals surface area contributed by atoms with Gasteiger partial charge in [-0.25, -0.2) is 0 Å². The smallest absolute Gasteiger partial charge is 0.177 e. The number of benzene rings is 1. The van der Waals surface area contributed by atoms with Crippen LogP contribution >= 0.6 is 11.5 Å². The summed E-state index contributed by atoms with van der Waals surface area (Å²) >= 11 is 1.25. The Morgan fingerprint density at radius 2 is 2.05 bits per heavy atom. The summed E-state index contributed by atoms with van der Waals surface area (Å²) in [5.74, 6) is -0.0522. The second-order valence-electron chi connectivity index (χ2n) is 5.27. The fourth-order valence-corrected chi connectivity index (χ4v) is 3.06. The third-order valence-corrected chi connectivity index (χ3v) is 4.18. The van der Waals surface area contributed by atoms with Gasteiger partial charge in [0.1, 0.15) is 0 Å². The minimum atomic E-state index is -0.145. The van der Waals surface area contributed by atoms with E-state index >= 15 is 0 Å². The maximum Gasteiger partial charge on any atom is 0.177 e. The summed E-state index contributed by atoms with van der Waals surface area (Å²) < 4.78 is 4.37. The van der Waals surface area contributed by atoms with Gasteiger partial charge in [-0.3, -0.25) is 4.79 Å². The number of nitrogens with zero attached hydrogens (tertiary/aromatic N) is 1. The van der Waals surface area contributed by atoms with Gasteiger partial charge < -0.3 is 5.41 Å². The summed E-state index contributed by atoms with van der Waals surface area (Å²) in [5, 5.41) is 7.85. The summed E-state index contributed by atoms with van der Waals surface area (Å²) in [7, 11) is 0. The van der Waals surface area contributed by atoms with Crippen molar-refractivity contribution in [1.29, 1.82) is 5.41 Å². The SMILES string of the molecule is CCCC(=N)CC(C)C(=O)c1cc(-c2ccccc2)ns1. The largest absolute Gasteiger partial charge is 0.310 e. The van der Waals surface area contributed by atoms with Crippen LogP contribution in [0, 0.1) is 11.3 Å². The molecule has 0 radical (unpaired) electrons. The van der Waals surface area contributed by atoms with Gasteiger partial charge in [0.05, 0.1) is 10.6 Å². The Morgan fingerprint density at radius 3 is 2.71 bits per heavy atom. The van der Waals surface area contributed by atoms with Gasteiger partial charge in [0.25, 0.3) is 0 Å². The average molecular weight is 300 g/mol. The van der Waals surface area contributed by atoms with E-state index in [0.29, 0.717) is 17.0 Å². The van der Waals surface area contributed by atoms with Crippen LogP contribution in [0.1, 0.15) is 42.8 Å². The molecule has 1 heterocycles. The number of Topliss-reactive ketones (excluding diaryl/α,β-unsaturated/α-hetero) is 1. The monoisotopic (exact) mass is 300 g/mol. The van der Waals surface area contributed by atoms with Crippen LogP contribution in [0.5, 0.6) is 0 Å². The molecule has 4 heteroatoms. The van der Waals surface area contributed by atoms with E-state index in [4.69, 9.17) is 5.41 Å². The first-order valence-electron chi connectivity index (χ1n) is 7.24. The highest BCUT2D eigenvalue weighted by Gasteiger charge is 2.19. The van der Waals surface area contributed by atoms with E-state index in [2.05, 4.69) is 11.3 Å². The molecule has 0 bridgehead atoms. The predicted molar refractivity (Wildman–Crippen MR) is 88.3 cm³/mol. The van der Waals surface area contributed by atoms with Gasteiger partial charge >= 0.3 is 0 Å². The summed E-state index contributed by atoms with van der Waals surface area (Å²) in [4.78, 5) is 13.1. The molecule has 1 atom stereocenters. The van der Waals surface area contributed by atoms with Crippen molar-refractivity contribution >= 4 is 23.0 Å². The molecule has 1 N–H and O–H groups in total. The number of ketones is 1. The molecular weight excluding hydrogens is 280 g/mol. The van der Waals surface area contributed by atoms with Gasteiger partial charge in [-0.15, -0.1) is 0 Å². The first-order chi connectivity index (χ1) is 10.1. The lowest BCUT2D eigenvalue weighted by Crippen LogP contribution is -2.14. The minimum Gasteiger partial charge on any atom is -0.310 e. The first kappa shape index (κ1) is 15.6. The molecule has 0 saturated carbocycles. The highest BCUT2D eigenvalue weighted by molar-refractivity contribution is 7.08. The van der Waals surface area contributed by atoms with E-state index in [1.807, 2.05) is 43.3 Å². The molecular formula is C17H20N2OS. The van der Waals surface area contributed by atoms with Crippen molar-refractivity contribution in [2.24, 2.45) is 5.92 Å². The Kier molecular flexibility index (Phi) is 5.39. The summed E-state index contributed by atoms with van der Waals surface area (Å²) in [5.41, 5.74) is 2.53. The van der Waals surface area contributed by atoms with Crippen LogP contribution in [0.4, 0.5) is 0 Å². The lowest BCUT2D eigenvalue weighted by molar-refractivity contribution is 0.0937. The molecule has 2 aromatic rings. The van der Waals surface area contributed by atoms with Gasteiger partial charge in [0, 0.05) is 17.2 Å². The zero-order chi connectivity index (χ0) is 15.2. The van der Waals surface area contributed by atoms with E-state index in [1.54, 1.807) is 0 Å². The molecule has 2 rings (SSSR count). The van der Waals surface area contributed by atoms with Crippen molar-refractivity contribution in [2.45, 2.75) is 33.1 Å². The van der Waals surface area contributed by atoms with Crippen molar-refractivity contribution in [1.82, 2.24) is 4.37 Å². The van der Waals surface area contributed by atoms with Crippen molar-refractivity contribution in [2.75, 3.05) is 0 Å². The summed E-state index contributed by atoms with van der Waals surface area (Å²) in [6.07, 6.45) is 2.28. The molecule has 21 heavy (non-hydrogen) atoms. The van der Waals surface area contributed by atoms with Crippen LogP contribution in [-0.4, -0.2) is 15.9 Å². The molecule has 3 nitrogen and oxygen atoms in total. The molecule has 0 aliphatic carbocycles. The maximum atomic E-state index is 12.4. The number of nitrogens with one attached hydrogen (secondary N) is 1. The molecule has 0 spiro atoms. The van der Waals surface area contributed by atoms with Crippen molar-refractivity contribution in [3.05, 3.63) is 41.3 Å². The zero-order valence-electron chi connectivity index (χ0n) is 12.4. The highest BCUT2D eigenvalue weighted by Crippen LogP contribution is 2.24. The number of hydrogen-bond acceptors (Lipinski definition) is 4. The molecule has 0 aliphatic rings. The van der Waals surface area contributed by atoms with E-state index in [9.17, 15) is 4.79 Å². The van der Waals surface area contributed by atoms with Gasteiger partial charge in [0.2, 0.25) is 0 Å². The molecule has 0 aliphatic heterocycles. The second kappa shape index (κ2) is 7.27. The fourth-order valence-electron chi connectivity index (χ4n) is 2.25. The third kappa shape index (κ3) is 4.08. The Morgan fingerprint density at radius 1 is 1.33 bits per heavy atom. The van der Waals surface area contributed by atoms with Crippen LogP contribution < -0.4 is 0 Å². The van der Waals surface area contributed by atoms with Crippen molar-refractivity contribution in [3.63, 3.8) is 0 Å². The summed E-state index contributed by atoms with van der Waals surface area (Å²) in [6, 6.07) is 11.7. The molecule has 1 unspecified atom stereocenters. The number of carbonyl (C=O) groups is 1. The van der Waals surface area contributed by atoms with Crippen LogP contribution in [0.15, 0.2) is 36.4 Å². The number of rotatable bonds is 7. The first-order valence-corrected chi connectivity index (χ1v) is 8.01. The lowest BCUT2D eigenvalue weighted by atomic mass is 9.96. The Balaban J connectivity index is 2.07. The van der Waals surface area contributed by atoms with E-state index in [1.165, 1.54) is 11.5 Å². The van der Waals surface area contributed by atoms with Crippen LogP contribution in [-0.2, 0) is 0 Å². The number of aromatic nitrogens is 1. The molecule has 1 aromatic heterocycles. The van der Waals surface area contributed by atoms with Gasteiger partial charge in [-0.2, -0.15) is 4.37 Å². The fraction of sp³-hybridized carbons (Fsp3) is 0.353. The Labute approximate surface area is 129 Å². The van der Waals surface area contributed by atoms with Crippen molar-refractivity contribution in [3.8, 4) is 11.3 Å². The van der Waals surface area contributed by atoms with Gasteiger partial charge in [-0.1, -0.05) is 50.6 Å². The molecule has 0 amide bonds. The quantitative estimate of drug-likeness (QED) is 0.587. The topological polar surface area (TPSA) is 53.8 Å². The van der Waals surface area contributed by atoms with Crippen LogP contribution in [0.2, 0.25) is 0 Å².